The minimum absolute atomic E-state index is 0. The predicted molar refractivity (Wildman–Crippen MR) is 53.1 cm³/mol. The van der Waals surface area contributed by atoms with E-state index in [1.807, 2.05) is 5.92 Å². The molecule has 0 aliphatic heterocycles. The van der Waals surface area contributed by atoms with E-state index in [0.29, 0.717) is 0 Å². The van der Waals surface area contributed by atoms with Crippen molar-refractivity contribution in [1.82, 2.24) is 0 Å². The number of nitrogens with zero attached hydrogens (tertiary/aromatic N) is 1. The number of carbonyl (C=O) groups excluding carboxylic acids is 1. The van der Waals surface area contributed by atoms with Crippen LogP contribution in [0.5, 0.6) is 0 Å². The third kappa shape index (κ3) is 25.3. The molecule has 0 aromatic rings. The van der Waals surface area contributed by atoms with Crippen LogP contribution in [-0.2, 0) is 4.74 Å². The number of ether oxygens (including phenoxy) is 1. The van der Waals surface area contributed by atoms with Crippen molar-refractivity contribution < 1.29 is 34.3 Å². The van der Waals surface area contributed by atoms with Crippen LogP contribution in [0, 0.1) is 12.3 Å². The molecule has 0 saturated heterocycles. The molecule has 7 heteroatoms. The second-order valence-electron chi connectivity index (χ2n) is 2.97. The van der Waals surface area contributed by atoms with Crippen molar-refractivity contribution in [3.63, 3.8) is 0 Å². The van der Waals surface area contributed by atoms with Gasteiger partial charge in [-0.15, -0.1) is 6.54 Å². The van der Waals surface area contributed by atoms with Crippen molar-refractivity contribution in [2.45, 2.75) is 26.4 Å². The van der Waals surface area contributed by atoms with Gasteiger partial charge in [0.25, 0.3) is 0 Å². The van der Waals surface area contributed by atoms with Crippen LogP contribution in [0.1, 0.15) is 20.8 Å². The molecule has 0 aliphatic carbocycles. The third-order valence-electron chi connectivity index (χ3n) is 0.681. The second kappa shape index (κ2) is 14.9. The van der Waals surface area contributed by atoms with E-state index < -0.39 is 11.7 Å². The van der Waals surface area contributed by atoms with Gasteiger partial charge in [-0.1, -0.05) is 0 Å². The molecule has 0 fully saturated rings. The summed E-state index contributed by atoms with van der Waals surface area (Å²) in [5.41, 5.74) is -0.511. The van der Waals surface area contributed by atoms with Crippen LogP contribution < -0.4 is 24.8 Å². The molecule has 0 saturated carbocycles. The molecule has 0 aliphatic rings. The molecule has 0 spiro atoms. The first kappa shape index (κ1) is 29.7. The van der Waals surface area contributed by atoms with Crippen molar-refractivity contribution in [3.8, 4) is 5.92 Å². The molecule has 3 nitrogen and oxygen atoms in total. The van der Waals surface area contributed by atoms with E-state index in [1.165, 1.54) is 0 Å². The minimum Gasteiger partial charge on any atom is -1.00 e. The summed E-state index contributed by atoms with van der Waals surface area (Å²) < 4.78 is 4.81. The number of hydrogen-bond donors (Lipinski definition) is 0. The maximum atomic E-state index is 10.7. The fourth-order valence-corrected chi connectivity index (χ4v) is 0.398. The van der Waals surface area contributed by atoms with Gasteiger partial charge in [-0.05, 0) is 20.8 Å². The Kier molecular flexibility index (Phi) is 29.6. The Labute approximate surface area is 136 Å². The van der Waals surface area contributed by atoms with Crippen LogP contribution in [0.25, 0.3) is 5.32 Å². The zero-order valence-corrected chi connectivity index (χ0v) is 13.5. The van der Waals surface area contributed by atoms with Gasteiger partial charge in [0.2, 0.25) is 6.09 Å². The van der Waals surface area contributed by atoms with E-state index in [9.17, 15) is 4.79 Å². The molecule has 0 radical (unpaired) electrons. The van der Waals surface area contributed by atoms with Gasteiger partial charge >= 0.3 is 46.1 Å². The average Bonchev–Trinajstić information content (AvgIpc) is 1.79. The van der Waals surface area contributed by atoms with Crippen LogP contribution in [0.3, 0.4) is 0 Å². The molecule has 0 aromatic heterocycles. The summed E-state index contributed by atoms with van der Waals surface area (Å²) in [5, 5.41) is 3.37. The zero-order chi connectivity index (χ0) is 8.91. The maximum absolute atomic E-state index is 10.7. The van der Waals surface area contributed by atoms with Gasteiger partial charge < -0.3 is 47.2 Å². The topological polar surface area (TPSA) is 40.4 Å². The van der Waals surface area contributed by atoms with E-state index in [0.717, 1.165) is 0 Å². The molecule has 0 N–H and O–H groups in total. The monoisotopic (exact) mass is 271 g/mol. The smallest absolute Gasteiger partial charge is 1.00 e. The van der Waals surface area contributed by atoms with Gasteiger partial charge in [0.1, 0.15) is 5.60 Å². The van der Waals surface area contributed by atoms with Crippen molar-refractivity contribution in [1.29, 1.82) is 0 Å². The maximum Gasteiger partial charge on any atom is 2.00 e. The van der Waals surface area contributed by atoms with Gasteiger partial charge in [-0.25, -0.2) is 0 Å². The number of rotatable bonds is 1. The Balaban J connectivity index is -0.0000000833. The summed E-state index contributed by atoms with van der Waals surface area (Å²) in [5.74, 6) is 1.97. The number of carbonyl (C=O) groups is 1. The van der Waals surface area contributed by atoms with Crippen LogP contribution in [0.2, 0.25) is 0 Å². The third-order valence-corrected chi connectivity index (χ3v) is 0.681. The summed E-state index contributed by atoms with van der Waals surface area (Å²) in [6.45, 7) is 5.24. The normalized spacial score (nSPS) is 7.33. The van der Waals surface area contributed by atoms with E-state index >= 15 is 0 Å². The second-order valence-corrected chi connectivity index (χ2v) is 2.97. The SMILES string of the molecule is [C-]#CC[N-]C(=O)OC(C)(C)C.[Cl-].[Cl-].[Mg+2].[Mg+2]. The molecule has 0 atom stereocenters. The average molecular weight is 273 g/mol. The summed E-state index contributed by atoms with van der Waals surface area (Å²) in [7, 11) is 0. The van der Waals surface area contributed by atoms with E-state index in [-0.39, 0.29) is 77.5 Å². The first-order valence-corrected chi connectivity index (χ1v) is 3.26. The van der Waals surface area contributed by atoms with Crippen molar-refractivity contribution >= 4 is 52.2 Å². The van der Waals surface area contributed by atoms with E-state index in [1.54, 1.807) is 20.8 Å². The molecule has 0 aromatic carbocycles. The molecule has 0 bridgehead atoms. The Morgan fingerprint density at radius 2 is 1.73 bits per heavy atom. The molecule has 0 unspecified atom stereocenters. The van der Waals surface area contributed by atoms with Crippen LogP contribution in [0.4, 0.5) is 4.79 Å². The first-order chi connectivity index (χ1) is 4.95. The van der Waals surface area contributed by atoms with Crippen LogP contribution >= 0.6 is 0 Å². The molecule has 0 rings (SSSR count). The standard InChI is InChI=1S/C8H12NO2.2ClH.2Mg/c1-5-6-9-7(10)11-8(2,3)4;;;;/h6H2,2-4H3,(H,9,10);2*1H;;/q-1;;;2*+2/p-3. The van der Waals surface area contributed by atoms with Gasteiger partial charge in [0.15, 0.2) is 0 Å². The predicted octanol–water partition coefficient (Wildman–Crippen LogP) is -4.87. The first-order valence-electron chi connectivity index (χ1n) is 3.26. The quantitative estimate of drug-likeness (QED) is 0.273. The van der Waals surface area contributed by atoms with Crippen LogP contribution in [0.15, 0.2) is 0 Å². The molecule has 0 heterocycles. The summed E-state index contributed by atoms with van der Waals surface area (Å²) >= 11 is 0. The van der Waals surface area contributed by atoms with E-state index in [2.05, 4.69) is 5.32 Å². The van der Waals surface area contributed by atoms with Crippen molar-refractivity contribution in [2.75, 3.05) is 6.54 Å². The molecule has 78 valence electrons. The Morgan fingerprint density at radius 3 is 2.00 bits per heavy atom. The number of amides is 1. The molecular weight excluding hydrogens is 262 g/mol. The zero-order valence-electron chi connectivity index (χ0n) is 9.14. The fraction of sp³-hybridized carbons (Fsp3) is 0.625. The van der Waals surface area contributed by atoms with E-state index in [4.69, 9.17) is 11.2 Å². The van der Waals surface area contributed by atoms with Gasteiger partial charge in [-0.2, -0.15) is 0 Å². The summed E-state index contributed by atoms with van der Waals surface area (Å²) in [6, 6.07) is 0. The minimum atomic E-state index is -0.641. The number of hydrogen-bond acceptors (Lipinski definition) is 2. The fourth-order valence-electron chi connectivity index (χ4n) is 0.398. The van der Waals surface area contributed by atoms with Crippen molar-refractivity contribution in [2.24, 2.45) is 0 Å². The molecule has 1 amide bonds. The number of halogens is 2. The summed E-state index contributed by atoms with van der Waals surface area (Å²) in [6.07, 6.45) is 5.83. The van der Waals surface area contributed by atoms with Crippen LogP contribution in [-0.4, -0.2) is 64.3 Å². The van der Waals surface area contributed by atoms with Gasteiger partial charge in [0, 0.05) is 0 Å². The molecular formula is C8H11Cl2Mg2NO2. The van der Waals surface area contributed by atoms with Gasteiger partial charge in [-0.3, -0.25) is 4.79 Å². The Bertz CT molecular complexity index is 190. The van der Waals surface area contributed by atoms with Crippen molar-refractivity contribution in [3.05, 3.63) is 11.7 Å². The molecule has 15 heavy (non-hydrogen) atoms. The summed E-state index contributed by atoms with van der Waals surface area (Å²) in [4.78, 5) is 10.7. The van der Waals surface area contributed by atoms with Gasteiger partial charge in [0.05, 0.1) is 0 Å². The Morgan fingerprint density at radius 1 is 1.33 bits per heavy atom. The Hall–Kier alpha value is 0.942. The largest absolute Gasteiger partial charge is 2.00 e.